The van der Waals surface area contributed by atoms with Crippen molar-refractivity contribution in [2.45, 2.75) is 0 Å². The lowest BCUT2D eigenvalue weighted by molar-refractivity contribution is 1.30. The molecule has 7 rings (SSSR count). The van der Waals surface area contributed by atoms with Crippen LogP contribution in [0.25, 0.3) is 59.5 Å². The fraction of sp³-hybridized carbons (Fsp3) is 0. The lowest BCUT2D eigenvalue weighted by Gasteiger charge is -2.13. The lowest BCUT2D eigenvalue weighted by atomic mass is 9.96. The van der Waals surface area contributed by atoms with E-state index in [0.29, 0.717) is 0 Å². The highest BCUT2D eigenvalue weighted by Gasteiger charge is 2.15. The van der Waals surface area contributed by atoms with Gasteiger partial charge in [-0.05, 0) is 33.7 Å². The first-order valence-electron chi connectivity index (χ1n) is 10.0. The van der Waals surface area contributed by atoms with Crippen LogP contribution in [0.15, 0.2) is 103 Å². The summed E-state index contributed by atoms with van der Waals surface area (Å²) >= 11 is 0. The van der Waals surface area contributed by atoms with E-state index in [1.165, 1.54) is 59.5 Å². The third-order valence-electron chi connectivity index (χ3n) is 6.30. The summed E-state index contributed by atoms with van der Waals surface area (Å²) in [5.41, 5.74) is 2.56. The van der Waals surface area contributed by atoms with Crippen LogP contribution in [0.3, 0.4) is 0 Å². The van der Waals surface area contributed by atoms with E-state index in [-0.39, 0.29) is 0 Å². The zero-order chi connectivity index (χ0) is 18.9. The van der Waals surface area contributed by atoms with Crippen molar-refractivity contribution in [3.8, 4) is 0 Å². The van der Waals surface area contributed by atoms with Crippen LogP contribution < -0.4 is 0 Å². The Hall–Kier alpha value is -3.84. The van der Waals surface area contributed by atoms with Crippen LogP contribution in [-0.4, -0.2) is 4.40 Å². The van der Waals surface area contributed by atoms with E-state index in [1.54, 1.807) is 0 Å². The molecule has 0 aliphatic carbocycles. The molecule has 134 valence electrons. The summed E-state index contributed by atoms with van der Waals surface area (Å²) in [4.78, 5) is 0. The minimum absolute atomic E-state index is 1.26. The summed E-state index contributed by atoms with van der Waals surface area (Å²) in [7, 11) is 0. The molecule has 0 amide bonds. The molecule has 0 radical (unpaired) electrons. The van der Waals surface area contributed by atoms with Crippen molar-refractivity contribution in [2.24, 2.45) is 0 Å². The number of rotatable bonds is 0. The van der Waals surface area contributed by atoms with E-state index < -0.39 is 0 Å². The van der Waals surface area contributed by atoms with Crippen molar-refractivity contribution in [2.75, 3.05) is 0 Å². The van der Waals surface area contributed by atoms with Gasteiger partial charge in [-0.2, -0.15) is 0 Å². The Morgan fingerprint density at radius 1 is 0.448 bits per heavy atom. The van der Waals surface area contributed by atoms with Crippen LogP contribution >= 0.6 is 0 Å². The zero-order valence-corrected chi connectivity index (χ0v) is 15.8. The van der Waals surface area contributed by atoms with Crippen molar-refractivity contribution in [1.29, 1.82) is 0 Å². The topological polar surface area (TPSA) is 4.41 Å². The summed E-state index contributed by atoms with van der Waals surface area (Å²) < 4.78 is 2.39. The average molecular weight is 367 g/mol. The van der Waals surface area contributed by atoms with Gasteiger partial charge in [0.25, 0.3) is 0 Å². The Morgan fingerprint density at radius 2 is 1.10 bits per heavy atom. The van der Waals surface area contributed by atoms with E-state index in [1.807, 2.05) is 0 Å². The van der Waals surface area contributed by atoms with Crippen LogP contribution in [0, 0.1) is 0 Å². The van der Waals surface area contributed by atoms with E-state index in [4.69, 9.17) is 0 Å². The third-order valence-corrected chi connectivity index (χ3v) is 6.30. The molecule has 0 unspecified atom stereocenters. The van der Waals surface area contributed by atoms with Gasteiger partial charge in [0.1, 0.15) is 0 Å². The summed E-state index contributed by atoms with van der Waals surface area (Å²) in [6, 6.07) is 35.4. The number of pyridine rings is 1. The fourth-order valence-corrected chi connectivity index (χ4v) is 5.01. The van der Waals surface area contributed by atoms with Gasteiger partial charge >= 0.3 is 0 Å². The number of benzene rings is 5. The molecular formula is C28H17N. The van der Waals surface area contributed by atoms with Gasteiger partial charge in [0.15, 0.2) is 0 Å². The molecular weight excluding hydrogens is 350 g/mol. The van der Waals surface area contributed by atoms with Crippen LogP contribution in [0.5, 0.6) is 0 Å². The normalized spacial score (nSPS) is 12.1. The van der Waals surface area contributed by atoms with Crippen LogP contribution in [0.2, 0.25) is 0 Å². The van der Waals surface area contributed by atoms with Gasteiger partial charge in [-0.15, -0.1) is 0 Å². The summed E-state index contributed by atoms with van der Waals surface area (Å²) in [6.45, 7) is 0. The van der Waals surface area contributed by atoms with Gasteiger partial charge in [-0.3, -0.25) is 0 Å². The predicted molar refractivity (Wildman–Crippen MR) is 125 cm³/mol. The number of nitrogens with zero attached hydrogens (tertiary/aromatic N) is 1. The SMILES string of the molecule is c1ccc2cc3c(cc2c1)c1c2ccccc2ccc1c1c2ccccc2cn31. The van der Waals surface area contributed by atoms with Gasteiger partial charge in [-0.25, -0.2) is 0 Å². The van der Waals surface area contributed by atoms with Crippen molar-refractivity contribution in [1.82, 2.24) is 4.40 Å². The highest BCUT2D eigenvalue weighted by molar-refractivity contribution is 6.28. The fourth-order valence-electron chi connectivity index (χ4n) is 5.01. The molecule has 0 saturated carbocycles. The van der Waals surface area contributed by atoms with Crippen molar-refractivity contribution in [3.63, 3.8) is 0 Å². The highest BCUT2D eigenvalue weighted by Crippen LogP contribution is 2.39. The number of fused-ring (bicyclic) bond motifs is 11. The minimum Gasteiger partial charge on any atom is -0.315 e. The van der Waals surface area contributed by atoms with Crippen molar-refractivity contribution in [3.05, 3.63) is 103 Å². The second-order valence-electron chi connectivity index (χ2n) is 7.86. The molecule has 29 heavy (non-hydrogen) atoms. The number of hydrogen-bond donors (Lipinski definition) is 0. The molecule has 0 aliphatic rings. The molecule has 0 N–H and O–H groups in total. The molecule has 2 aromatic heterocycles. The first kappa shape index (κ1) is 15.1. The summed E-state index contributed by atoms with van der Waals surface area (Å²) in [6.07, 6.45) is 2.29. The molecule has 7 aromatic rings. The van der Waals surface area contributed by atoms with Crippen molar-refractivity contribution >= 4 is 59.5 Å². The average Bonchev–Trinajstić information content (AvgIpc) is 3.17. The molecule has 2 heterocycles. The quantitative estimate of drug-likeness (QED) is 0.191. The maximum Gasteiger partial charge on any atom is 0.0613 e. The number of hydrogen-bond acceptors (Lipinski definition) is 0. The summed E-state index contributed by atoms with van der Waals surface area (Å²) in [5, 5.41) is 11.7. The molecule has 1 heteroatoms. The van der Waals surface area contributed by atoms with Gasteiger partial charge in [0.2, 0.25) is 0 Å². The van der Waals surface area contributed by atoms with Gasteiger partial charge in [-0.1, -0.05) is 84.9 Å². The minimum atomic E-state index is 1.26. The molecule has 0 atom stereocenters. The Labute approximate surface area is 167 Å². The molecule has 1 nitrogen and oxygen atoms in total. The van der Waals surface area contributed by atoms with Gasteiger partial charge in [0.05, 0.1) is 11.0 Å². The van der Waals surface area contributed by atoms with Crippen molar-refractivity contribution < 1.29 is 0 Å². The van der Waals surface area contributed by atoms with Crippen LogP contribution in [-0.2, 0) is 0 Å². The standard InChI is InChI=1S/C28H17N/c1-2-9-20-16-26-25(15-19(20)8-1)27-22-11-5-3-7-18(22)13-14-24(27)28-23-12-6-4-10-21(23)17-29(26)28/h1-17H. The Morgan fingerprint density at radius 3 is 1.93 bits per heavy atom. The zero-order valence-electron chi connectivity index (χ0n) is 15.8. The van der Waals surface area contributed by atoms with E-state index in [9.17, 15) is 0 Å². The second kappa shape index (κ2) is 5.36. The largest absolute Gasteiger partial charge is 0.315 e. The molecule has 0 aliphatic heterocycles. The first-order valence-corrected chi connectivity index (χ1v) is 10.0. The monoisotopic (exact) mass is 367 g/mol. The molecule has 5 aromatic carbocycles. The van der Waals surface area contributed by atoms with E-state index in [2.05, 4.69) is 108 Å². The first-order chi connectivity index (χ1) is 14.4. The van der Waals surface area contributed by atoms with Crippen LogP contribution in [0.4, 0.5) is 0 Å². The molecule has 0 saturated heterocycles. The predicted octanol–water partition coefficient (Wildman–Crippen LogP) is 7.71. The van der Waals surface area contributed by atoms with E-state index in [0.717, 1.165) is 0 Å². The Kier molecular flexibility index (Phi) is 2.80. The van der Waals surface area contributed by atoms with Crippen LogP contribution in [0.1, 0.15) is 0 Å². The smallest absolute Gasteiger partial charge is 0.0613 e. The molecule has 0 fully saturated rings. The molecule has 0 bridgehead atoms. The van der Waals surface area contributed by atoms with Gasteiger partial charge in [0, 0.05) is 33.1 Å². The second-order valence-corrected chi connectivity index (χ2v) is 7.86. The van der Waals surface area contributed by atoms with Gasteiger partial charge < -0.3 is 4.40 Å². The molecule has 0 spiro atoms. The maximum absolute atomic E-state index is 2.39. The third kappa shape index (κ3) is 1.94. The highest BCUT2D eigenvalue weighted by atomic mass is 14.9. The van der Waals surface area contributed by atoms with E-state index >= 15 is 0 Å². The summed E-state index contributed by atoms with van der Waals surface area (Å²) in [5.74, 6) is 0. The Balaban J connectivity index is 1.90. The maximum atomic E-state index is 2.39. The Bertz CT molecular complexity index is 1750. The number of aromatic nitrogens is 1. The lowest BCUT2D eigenvalue weighted by Crippen LogP contribution is -1.91.